The zero-order valence-electron chi connectivity index (χ0n) is 19.4. The zero-order chi connectivity index (χ0) is 23.6. The number of hydrogen-bond acceptors (Lipinski definition) is 6. The Morgan fingerprint density at radius 2 is 1.85 bits per heavy atom. The number of hydrogen-bond donors (Lipinski definition) is 2. The summed E-state index contributed by atoms with van der Waals surface area (Å²) in [4.78, 5) is 19.2. The number of rotatable bonds is 7. The Balaban J connectivity index is 1.64. The molecule has 2 N–H and O–H groups in total. The first-order valence-corrected chi connectivity index (χ1v) is 13.0. The van der Waals surface area contributed by atoms with E-state index in [9.17, 15) is 9.36 Å². The van der Waals surface area contributed by atoms with E-state index in [4.69, 9.17) is 14.5 Å². The molecular weight excluding hydrogens is 439 g/mol. The average molecular weight is 471 g/mol. The van der Waals surface area contributed by atoms with Crippen LogP contribution in [-0.2, 0) is 25.3 Å². The summed E-state index contributed by atoms with van der Waals surface area (Å²) in [7, 11) is -1.92. The second-order valence-corrected chi connectivity index (χ2v) is 10.9. The molecule has 9 heteroatoms. The average Bonchev–Trinajstić information content (AvgIpc) is 3.10. The maximum Gasteiger partial charge on any atom is 0.323 e. The van der Waals surface area contributed by atoms with Gasteiger partial charge in [0.25, 0.3) is 7.44 Å². The summed E-state index contributed by atoms with van der Waals surface area (Å²) in [5.41, 5.74) is 4.67. The van der Waals surface area contributed by atoms with Crippen LogP contribution in [0.15, 0.2) is 53.5 Å². The number of benzene rings is 2. The fourth-order valence-corrected chi connectivity index (χ4v) is 6.15. The molecule has 2 aliphatic rings. The third kappa shape index (κ3) is 4.98. The third-order valence-corrected chi connectivity index (χ3v) is 7.69. The van der Waals surface area contributed by atoms with Gasteiger partial charge < -0.3 is 14.4 Å². The highest BCUT2D eigenvalue weighted by atomic mass is 31.2. The lowest BCUT2D eigenvalue weighted by molar-refractivity contribution is -0.148. The van der Waals surface area contributed by atoms with Gasteiger partial charge in [0.1, 0.15) is 12.4 Å². The number of ether oxygens (including phenoxy) is 2. The molecule has 2 aromatic rings. The van der Waals surface area contributed by atoms with E-state index in [2.05, 4.69) is 45.4 Å². The number of para-hydroxylation sites is 1. The normalized spacial score (nSPS) is 19.5. The molecule has 2 heterocycles. The Morgan fingerprint density at radius 3 is 2.58 bits per heavy atom. The summed E-state index contributed by atoms with van der Waals surface area (Å²) < 4.78 is 24.3. The van der Waals surface area contributed by atoms with Gasteiger partial charge in [0.15, 0.2) is 0 Å². The summed E-state index contributed by atoms with van der Waals surface area (Å²) in [5, 5.41) is 6.04. The van der Waals surface area contributed by atoms with Crippen molar-refractivity contribution < 1.29 is 18.8 Å². The van der Waals surface area contributed by atoms with Gasteiger partial charge in [-0.25, -0.2) is 10.1 Å². The lowest BCUT2D eigenvalue weighted by Crippen LogP contribution is -2.44. The van der Waals surface area contributed by atoms with Crippen LogP contribution in [0.4, 0.5) is 5.69 Å². The minimum absolute atomic E-state index is 0.00771. The lowest BCUT2D eigenvalue weighted by Gasteiger charge is -2.31. The molecule has 0 aliphatic carbocycles. The number of esters is 1. The highest BCUT2D eigenvalue weighted by Gasteiger charge is 2.39. The molecule has 8 nitrogen and oxygen atoms in total. The SMILES string of the molecule is COCP(=O)(NC1=NCC2c3ccccc3Cc3ccccc3N12)NC(C)C(=O)OC(C)C. The minimum Gasteiger partial charge on any atom is -0.462 e. The minimum atomic E-state index is -3.39. The molecule has 3 unspecified atom stereocenters. The summed E-state index contributed by atoms with van der Waals surface area (Å²) in [6, 6.07) is 15.8. The van der Waals surface area contributed by atoms with Gasteiger partial charge in [-0.05, 0) is 49.9 Å². The molecule has 33 heavy (non-hydrogen) atoms. The van der Waals surface area contributed by atoms with Crippen LogP contribution >= 0.6 is 7.44 Å². The number of carbonyl (C=O) groups excluding carboxylic acids is 1. The molecule has 0 aromatic heterocycles. The molecule has 2 aromatic carbocycles. The lowest BCUT2D eigenvalue weighted by atomic mass is 9.97. The van der Waals surface area contributed by atoms with Gasteiger partial charge >= 0.3 is 5.97 Å². The maximum absolute atomic E-state index is 13.8. The van der Waals surface area contributed by atoms with Crippen LogP contribution in [0.1, 0.15) is 43.5 Å². The van der Waals surface area contributed by atoms with Crippen molar-refractivity contribution in [2.24, 2.45) is 4.99 Å². The number of methoxy groups -OCH3 is 1. The van der Waals surface area contributed by atoms with Gasteiger partial charge in [0.2, 0.25) is 5.96 Å². The Labute approximate surface area is 194 Å². The van der Waals surface area contributed by atoms with Crippen molar-refractivity contribution in [2.75, 3.05) is 24.9 Å². The fraction of sp³-hybridized carbons (Fsp3) is 0.417. The van der Waals surface area contributed by atoms with Crippen LogP contribution in [0.25, 0.3) is 0 Å². The van der Waals surface area contributed by atoms with Gasteiger partial charge in [-0.1, -0.05) is 42.5 Å². The molecule has 0 radical (unpaired) electrons. The topological polar surface area (TPSA) is 92.3 Å². The van der Waals surface area contributed by atoms with Crippen LogP contribution in [0, 0.1) is 0 Å². The van der Waals surface area contributed by atoms with Gasteiger partial charge in [-0.3, -0.25) is 14.4 Å². The first-order valence-electron chi connectivity index (χ1n) is 11.2. The van der Waals surface area contributed by atoms with Crippen LogP contribution in [0.3, 0.4) is 0 Å². The molecule has 4 rings (SSSR count). The summed E-state index contributed by atoms with van der Waals surface area (Å²) >= 11 is 0. The van der Waals surface area contributed by atoms with E-state index in [-0.39, 0.29) is 18.5 Å². The van der Waals surface area contributed by atoms with E-state index >= 15 is 0 Å². The molecule has 0 bridgehead atoms. The zero-order valence-corrected chi connectivity index (χ0v) is 20.3. The molecule has 0 saturated heterocycles. The quantitative estimate of drug-likeness (QED) is 0.469. The predicted octanol–water partition coefficient (Wildman–Crippen LogP) is 3.82. The van der Waals surface area contributed by atoms with Gasteiger partial charge in [-0.2, -0.15) is 0 Å². The number of guanidine groups is 1. The molecule has 2 aliphatic heterocycles. The predicted molar refractivity (Wildman–Crippen MR) is 130 cm³/mol. The number of nitrogens with zero attached hydrogens (tertiary/aromatic N) is 2. The number of carbonyl (C=O) groups is 1. The maximum atomic E-state index is 13.8. The van der Waals surface area contributed by atoms with E-state index in [0.29, 0.717) is 12.5 Å². The Hall–Kier alpha value is -2.67. The van der Waals surface area contributed by atoms with Gasteiger partial charge in [0, 0.05) is 12.8 Å². The Kier molecular flexibility index (Phi) is 6.88. The summed E-state index contributed by atoms with van der Waals surface area (Å²) in [6.45, 7) is 5.72. The highest BCUT2D eigenvalue weighted by molar-refractivity contribution is 7.60. The van der Waals surface area contributed by atoms with E-state index in [1.807, 2.05) is 18.2 Å². The monoisotopic (exact) mass is 470 g/mol. The van der Waals surface area contributed by atoms with Crippen LogP contribution in [0.2, 0.25) is 0 Å². The first kappa shape index (κ1) is 23.5. The summed E-state index contributed by atoms with van der Waals surface area (Å²) in [6.07, 6.45) is 0.450. The molecule has 0 amide bonds. The molecular formula is C24H31N4O4P. The van der Waals surface area contributed by atoms with E-state index in [0.717, 1.165) is 12.1 Å². The molecule has 0 saturated carbocycles. The molecule has 3 atom stereocenters. The molecule has 176 valence electrons. The second-order valence-electron chi connectivity index (χ2n) is 8.66. The highest BCUT2D eigenvalue weighted by Crippen LogP contribution is 2.43. The third-order valence-electron chi connectivity index (χ3n) is 5.70. The van der Waals surface area contributed by atoms with Crippen molar-refractivity contribution in [3.8, 4) is 0 Å². The first-order chi connectivity index (χ1) is 15.8. The van der Waals surface area contributed by atoms with E-state index in [1.165, 1.54) is 23.8 Å². The number of aliphatic imine (C=N–C) groups is 1. The van der Waals surface area contributed by atoms with Crippen molar-refractivity contribution in [3.05, 3.63) is 65.2 Å². The van der Waals surface area contributed by atoms with Gasteiger partial charge in [0.05, 0.1) is 18.7 Å². The van der Waals surface area contributed by atoms with Gasteiger partial charge in [-0.15, -0.1) is 0 Å². The molecule has 0 spiro atoms. The molecule has 0 fully saturated rings. The number of fused-ring (bicyclic) bond motifs is 5. The number of nitrogens with one attached hydrogen (secondary N) is 2. The van der Waals surface area contributed by atoms with E-state index < -0.39 is 19.5 Å². The van der Waals surface area contributed by atoms with Crippen LogP contribution in [0.5, 0.6) is 0 Å². The standard InChI is InChI=1S/C24H31N4O4P/c1-16(2)32-23(29)17(3)26-33(30,15-31-4)27-24-25-14-22-20-11-7-5-9-18(20)13-19-10-6-8-12-21(19)28(22)24/h5-12,16-17,22H,13-15H2,1-4H3,(H2,25,26,27,30). The van der Waals surface area contributed by atoms with Crippen LogP contribution in [-0.4, -0.2) is 44.1 Å². The largest absolute Gasteiger partial charge is 0.462 e. The summed E-state index contributed by atoms with van der Waals surface area (Å²) in [5.74, 6) is 0.0323. The number of anilines is 1. The Bertz CT molecular complexity index is 1100. The second kappa shape index (κ2) is 9.67. The fourth-order valence-electron chi connectivity index (χ4n) is 4.35. The van der Waals surface area contributed by atoms with Crippen molar-refractivity contribution in [2.45, 2.75) is 45.4 Å². The van der Waals surface area contributed by atoms with Crippen LogP contribution < -0.4 is 15.1 Å². The van der Waals surface area contributed by atoms with Crippen molar-refractivity contribution in [1.82, 2.24) is 10.2 Å². The van der Waals surface area contributed by atoms with Crippen molar-refractivity contribution in [1.29, 1.82) is 0 Å². The van der Waals surface area contributed by atoms with E-state index in [1.54, 1.807) is 20.8 Å². The smallest absolute Gasteiger partial charge is 0.323 e. The van der Waals surface area contributed by atoms with Crippen molar-refractivity contribution >= 4 is 25.1 Å². The van der Waals surface area contributed by atoms with Crippen molar-refractivity contribution in [3.63, 3.8) is 0 Å². The Morgan fingerprint density at radius 1 is 1.15 bits per heavy atom.